The first-order valence-electron chi connectivity index (χ1n) is 7.04. The molecule has 0 spiro atoms. The second kappa shape index (κ2) is 7.19. The molecular formula is C16H14ClFN2O2S. The zero-order valence-corrected chi connectivity index (χ0v) is 13.7. The molecular weight excluding hydrogens is 339 g/mol. The summed E-state index contributed by atoms with van der Waals surface area (Å²) in [6.45, 7) is 1.10. The smallest absolute Gasteiger partial charge is 0.233 e. The van der Waals surface area contributed by atoms with Crippen LogP contribution in [0.2, 0.25) is 5.02 Å². The van der Waals surface area contributed by atoms with Crippen LogP contribution in [0.5, 0.6) is 5.88 Å². The van der Waals surface area contributed by atoms with Crippen molar-refractivity contribution in [1.29, 1.82) is 0 Å². The highest BCUT2D eigenvalue weighted by Crippen LogP contribution is 2.22. The number of amides is 1. The lowest BCUT2D eigenvalue weighted by molar-refractivity contribution is -0.137. The number of thioether (sulfide) groups is 1. The van der Waals surface area contributed by atoms with Crippen LogP contribution in [0.4, 0.5) is 4.39 Å². The Balaban J connectivity index is 1.41. The molecule has 2 heterocycles. The summed E-state index contributed by atoms with van der Waals surface area (Å²) in [6, 6.07) is 9.53. The topological polar surface area (TPSA) is 42.4 Å². The minimum atomic E-state index is -0.279. The van der Waals surface area contributed by atoms with Crippen molar-refractivity contribution < 1.29 is 13.9 Å². The van der Waals surface area contributed by atoms with Crippen LogP contribution < -0.4 is 4.74 Å². The first kappa shape index (κ1) is 16.1. The molecule has 1 saturated heterocycles. The standard InChI is InChI=1S/C16H14ClFN2O2S/c17-11-1-6-15(19-7-11)22-13-8-20(9-13)16(21)10-23-14-4-2-12(18)3-5-14/h1-7,13H,8-10H2. The van der Waals surface area contributed by atoms with E-state index in [1.165, 1.54) is 30.1 Å². The number of rotatable bonds is 5. The van der Waals surface area contributed by atoms with E-state index in [-0.39, 0.29) is 17.8 Å². The zero-order valence-electron chi connectivity index (χ0n) is 12.1. The maximum absolute atomic E-state index is 12.8. The van der Waals surface area contributed by atoms with Crippen LogP contribution in [0.3, 0.4) is 0 Å². The van der Waals surface area contributed by atoms with Gasteiger partial charge in [-0.3, -0.25) is 4.79 Å². The van der Waals surface area contributed by atoms with Gasteiger partial charge in [0.1, 0.15) is 11.9 Å². The van der Waals surface area contributed by atoms with Crippen molar-refractivity contribution in [2.75, 3.05) is 18.8 Å². The lowest BCUT2D eigenvalue weighted by Crippen LogP contribution is -2.56. The SMILES string of the molecule is O=C(CSc1ccc(F)cc1)N1CC(Oc2ccc(Cl)cn2)C1. The number of aromatic nitrogens is 1. The third-order valence-corrected chi connectivity index (χ3v) is 4.58. The van der Waals surface area contributed by atoms with Gasteiger partial charge < -0.3 is 9.64 Å². The van der Waals surface area contributed by atoms with Crippen molar-refractivity contribution in [1.82, 2.24) is 9.88 Å². The number of nitrogens with zero attached hydrogens (tertiary/aromatic N) is 2. The summed E-state index contributed by atoms with van der Waals surface area (Å²) in [5.74, 6) is 0.604. The molecule has 0 N–H and O–H groups in total. The summed E-state index contributed by atoms with van der Waals surface area (Å²) < 4.78 is 18.5. The van der Waals surface area contributed by atoms with E-state index in [2.05, 4.69) is 4.98 Å². The lowest BCUT2D eigenvalue weighted by atomic mass is 10.2. The maximum Gasteiger partial charge on any atom is 0.233 e. The molecule has 7 heteroatoms. The Bertz CT molecular complexity index is 675. The van der Waals surface area contributed by atoms with Crippen molar-refractivity contribution >= 4 is 29.3 Å². The fourth-order valence-electron chi connectivity index (χ4n) is 2.09. The number of ether oxygens (including phenoxy) is 1. The molecule has 1 fully saturated rings. The molecule has 0 bridgehead atoms. The predicted octanol–water partition coefficient (Wildman–Crippen LogP) is 3.26. The van der Waals surface area contributed by atoms with Crippen LogP contribution >= 0.6 is 23.4 Å². The normalized spacial score (nSPS) is 14.4. The van der Waals surface area contributed by atoms with Gasteiger partial charge in [0.2, 0.25) is 11.8 Å². The predicted molar refractivity (Wildman–Crippen MR) is 87.4 cm³/mol. The monoisotopic (exact) mass is 352 g/mol. The van der Waals surface area contributed by atoms with E-state index in [0.717, 1.165) is 4.90 Å². The summed E-state index contributed by atoms with van der Waals surface area (Å²) in [7, 11) is 0. The fraction of sp³-hybridized carbons (Fsp3) is 0.250. The molecule has 1 aromatic carbocycles. The maximum atomic E-state index is 12.8. The van der Waals surface area contributed by atoms with Gasteiger partial charge in [-0.25, -0.2) is 9.37 Å². The summed E-state index contributed by atoms with van der Waals surface area (Å²) >= 11 is 7.16. The molecule has 4 nitrogen and oxygen atoms in total. The quantitative estimate of drug-likeness (QED) is 0.775. The second-order valence-corrected chi connectivity index (χ2v) is 6.58. The molecule has 1 aromatic heterocycles. The molecule has 0 atom stereocenters. The van der Waals surface area contributed by atoms with E-state index in [9.17, 15) is 9.18 Å². The van der Waals surface area contributed by atoms with Gasteiger partial charge in [-0.05, 0) is 30.3 Å². The second-order valence-electron chi connectivity index (χ2n) is 5.10. The largest absolute Gasteiger partial charge is 0.471 e. The lowest BCUT2D eigenvalue weighted by Gasteiger charge is -2.38. The number of hydrogen-bond donors (Lipinski definition) is 0. The van der Waals surface area contributed by atoms with E-state index >= 15 is 0 Å². The van der Waals surface area contributed by atoms with Gasteiger partial charge in [0.05, 0.1) is 23.9 Å². The highest BCUT2D eigenvalue weighted by atomic mass is 35.5. The summed E-state index contributed by atoms with van der Waals surface area (Å²) in [6.07, 6.45) is 1.49. The van der Waals surface area contributed by atoms with Crippen LogP contribution in [-0.4, -0.2) is 40.7 Å². The summed E-state index contributed by atoms with van der Waals surface area (Å²) in [5.41, 5.74) is 0. The highest BCUT2D eigenvalue weighted by Gasteiger charge is 2.32. The van der Waals surface area contributed by atoms with Gasteiger partial charge in [0.25, 0.3) is 0 Å². The van der Waals surface area contributed by atoms with Gasteiger partial charge in [0, 0.05) is 17.2 Å². The molecule has 0 unspecified atom stereocenters. The molecule has 1 aliphatic heterocycles. The van der Waals surface area contributed by atoms with Gasteiger partial charge in [-0.2, -0.15) is 0 Å². The third kappa shape index (κ3) is 4.36. The van der Waals surface area contributed by atoms with Crippen LogP contribution in [0.1, 0.15) is 0 Å². The molecule has 2 aromatic rings. The molecule has 0 aliphatic carbocycles. The third-order valence-electron chi connectivity index (χ3n) is 3.36. The molecule has 1 amide bonds. The number of pyridine rings is 1. The molecule has 0 radical (unpaired) electrons. The summed E-state index contributed by atoms with van der Waals surface area (Å²) in [4.78, 5) is 18.7. The minimum absolute atomic E-state index is 0.0385. The number of benzene rings is 1. The number of hydrogen-bond acceptors (Lipinski definition) is 4. The van der Waals surface area contributed by atoms with E-state index < -0.39 is 0 Å². The molecule has 3 rings (SSSR count). The number of carbonyl (C=O) groups is 1. The number of carbonyl (C=O) groups excluding carboxylic acids is 1. The first-order valence-corrected chi connectivity index (χ1v) is 8.41. The molecule has 120 valence electrons. The number of likely N-dealkylation sites (tertiary alicyclic amines) is 1. The Kier molecular flexibility index (Phi) is 5.03. The highest BCUT2D eigenvalue weighted by molar-refractivity contribution is 8.00. The van der Waals surface area contributed by atoms with Crippen molar-refractivity contribution in [2.45, 2.75) is 11.0 Å². The van der Waals surface area contributed by atoms with Crippen molar-refractivity contribution in [3.05, 3.63) is 53.4 Å². The van der Waals surface area contributed by atoms with Gasteiger partial charge in [-0.1, -0.05) is 11.6 Å². The van der Waals surface area contributed by atoms with Crippen LogP contribution in [-0.2, 0) is 4.79 Å². The molecule has 1 aliphatic rings. The Labute approximate surface area is 142 Å². The van der Waals surface area contributed by atoms with E-state index in [1.54, 1.807) is 29.2 Å². The average Bonchev–Trinajstić information content (AvgIpc) is 2.51. The van der Waals surface area contributed by atoms with Gasteiger partial charge in [-0.15, -0.1) is 11.8 Å². The molecule has 23 heavy (non-hydrogen) atoms. The van der Waals surface area contributed by atoms with E-state index in [4.69, 9.17) is 16.3 Å². The molecule has 0 saturated carbocycles. The van der Waals surface area contributed by atoms with Crippen LogP contribution in [0.15, 0.2) is 47.5 Å². The number of halogens is 2. The Hall–Kier alpha value is -1.79. The summed E-state index contributed by atoms with van der Waals surface area (Å²) in [5, 5.41) is 0.556. The van der Waals surface area contributed by atoms with Crippen molar-refractivity contribution in [2.24, 2.45) is 0 Å². The van der Waals surface area contributed by atoms with E-state index in [1.807, 2.05) is 0 Å². The Morgan fingerprint density at radius 2 is 2.04 bits per heavy atom. The Morgan fingerprint density at radius 1 is 1.30 bits per heavy atom. The van der Waals surface area contributed by atoms with Crippen LogP contribution in [0, 0.1) is 5.82 Å². The minimum Gasteiger partial charge on any atom is -0.471 e. The Morgan fingerprint density at radius 3 is 2.70 bits per heavy atom. The van der Waals surface area contributed by atoms with Gasteiger partial charge in [0.15, 0.2) is 0 Å². The average molecular weight is 353 g/mol. The van der Waals surface area contributed by atoms with Crippen molar-refractivity contribution in [3.63, 3.8) is 0 Å². The zero-order chi connectivity index (χ0) is 16.2. The first-order chi connectivity index (χ1) is 11.1. The van der Waals surface area contributed by atoms with Crippen LogP contribution in [0.25, 0.3) is 0 Å². The van der Waals surface area contributed by atoms with E-state index in [0.29, 0.717) is 29.7 Å². The van der Waals surface area contributed by atoms with Gasteiger partial charge >= 0.3 is 0 Å². The van der Waals surface area contributed by atoms with Crippen molar-refractivity contribution in [3.8, 4) is 5.88 Å². The fourth-order valence-corrected chi connectivity index (χ4v) is 3.00.